The SMILES string of the molecule is COc1ccc(N(C)CC2(CS)CCCCC2)cc1. The molecule has 2 nitrogen and oxygen atoms in total. The molecule has 3 heteroatoms. The lowest BCUT2D eigenvalue weighted by molar-refractivity contribution is 0.230. The van der Waals surface area contributed by atoms with Gasteiger partial charge in [0.1, 0.15) is 5.75 Å². The molecule has 0 saturated heterocycles. The number of benzene rings is 1. The number of hydrogen-bond donors (Lipinski definition) is 1. The van der Waals surface area contributed by atoms with E-state index in [1.807, 2.05) is 12.1 Å². The first-order valence-electron chi connectivity index (χ1n) is 7.15. The maximum Gasteiger partial charge on any atom is 0.119 e. The molecule has 0 spiro atoms. The summed E-state index contributed by atoms with van der Waals surface area (Å²) >= 11 is 4.62. The van der Waals surface area contributed by atoms with Gasteiger partial charge in [0.2, 0.25) is 0 Å². The van der Waals surface area contributed by atoms with Crippen LogP contribution in [0.5, 0.6) is 5.75 Å². The molecule has 0 unspecified atom stereocenters. The quantitative estimate of drug-likeness (QED) is 0.818. The molecule has 0 bridgehead atoms. The molecule has 2 rings (SSSR count). The van der Waals surface area contributed by atoms with Gasteiger partial charge in [0.05, 0.1) is 7.11 Å². The van der Waals surface area contributed by atoms with Gasteiger partial charge in [-0.05, 0) is 48.3 Å². The van der Waals surface area contributed by atoms with Crippen LogP contribution < -0.4 is 9.64 Å². The van der Waals surface area contributed by atoms with Crippen molar-refractivity contribution in [3.05, 3.63) is 24.3 Å². The Morgan fingerprint density at radius 3 is 2.32 bits per heavy atom. The van der Waals surface area contributed by atoms with Gasteiger partial charge in [-0.25, -0.2) is 0 Å². The lowest BCUT2D eigenvalue weighted by Crippen LogP contribution is -2.38. The van der Waals surface area contributed by atoms with Crippen LogP contribution >= 0.6 is 12.6 Å². The third-order valence-electron chi connectivity index (χ3n) is 4.34. The zero-order valence-electron chi connectivity index (χ0n) is 12.1. The Hall–Kier alpha value is -0.830. The molecule has 0 aliphatic heterocycles. The summed E-state index contributed by atoms with van der Waals surface area (Å²) in [6.45, 7) is 1.10. The standard InChI is InChI=1S/C16H25NOS/c1-17(14-6-8-15(18-2)9-7-14)12-16(13-19)10-4-3-5-11-16/h6-9,19H,3-5,10-13H2,1-2H3. The Labute approximate surface area is 122 Å². The summed E-state index contributed by atoms with van der Waals surface area (Å²) in [4.78, 5) is 2.36. The van der Waals surface area contributed by atoms with E-state index in [1.54, 1.807) is 7.11 Å². The van der Waals surface area contributed by atoms with E-state index in [9.17, 15) is 0 Å². The van der Waals surface area contributed by atoms with Crippen LogP contribution in [0.15, 0.2) is 24.3 Å². The second kappa shape index (κ2) is 6.56. The van der Waals surface area contributed by atoms with Crippen LogP contribution in [0.3, 0.4) is 0 Å². The lowest BCUT2D eigenvalue weighted by Gasteiger charge is -2.39. The zero-order valence-corrected chi connectivity index (χ0v) is 13.0. The van der Waals surface area contributed by atoms with Gasteiger partial charge < -0.3 is 9.64 Å². The fourth-order valence-corrected chi connectivity index (χ4v) is 3.52. The van der Waals surface area contributed by atoms with E-state index in [0.29, 0.717) is 5.41 Å². The van der Waals surface area contributed by atoms with E-state index in [2.05, 4.69) is 36.7 Å². The highest BCUT2D eigenvalue weighted by Crippen LogP contribution is 2.38. The van der Waals surface area contributed by atoms with Crippen molar-refractivity contribution in [1.82, 2.24) is 0 Å². The van der Waals surface area contributed by atoms with E-state index >= 15 is 0 Å². The maximum atomic E-state index is 5.21. The molecular formula is C16H25NOS. The van der Waals surface area contributed by atoms with Gasteiger partial charge >= 0.3 is 0 Å². The Kier molecular flexibility index (Phi) is 5.03. The van der Waals surface area contributed by atoms with Gasteiger partial charge in [0.25, 0.3) is 0 Å². The molecule has 19 heavy (non-hydrogen) atoms. The van der Waals surface area contributed by atoms with Gasteiger partial charge in [-0.2, -0.15) is 12.6 Å². The average Bonchev–Trinajstić information content (AvgIpc) is 2.48. The molecule has 1 aromatic carbocycles. The predicted molar refractivity (Wildman–Crippen MR) is 85.6 cm³/mol. The van der Waals surface area contributed by atoms with Gasteiger partial charge in [0.15, 0.2) is 0 Å². The molecule has 0 atom stereocenters. The topological polar surface area (TPSA) is 12.5 Å². The number of methoxy groups -OCH3 is 1. The monoisotopic (exact) mass is 279 g/mol. The van der Waals surface area contributed by atoms with Crippen molar-refractivity contribution < 1.29 is 4.74 Å². The summed E-state index contributed by atoms with van der Waals surface area (Å²) in [6, 6.07) is 8.32. The Morgan fingerprint density at radius 1 is 1.16 bits per heavy atom. The van der Waals surface area contributed by atoms with Crippen molar-refractivity contribution in [2.75, 3.05) is 31.4 Å². The molecule has 1 aromatic rings. The van der Waals surface area contributed by atoms with Crippen molar-refractivity contribution in [3.8, 4) is 5.75 Å². The minimum atomic E-state index is 0.399. The van der Waals surface area contributed by atoms with Crippen LogP contribution in [0.1, 0.15) is 32.1 Å². The van der Waals surface area contributed by atoms with Crippen LogP contribution in [0, 0.1) is 5.41 Å². The average molecular weight is 279 g/mol. The highest BCUT2D eigenvalue weighted by atomic mass is 32.1. The van der Waals surface area contributed by atoms with Crippen LogP contribution in [0.2, 0.25) is 0 Å². The largest absolute Gasteiger partial charge is 0.497 e. The Morgan fingerprint density at radius 2 is 1.79 bits per heavy atom. The van der Waals surface area contributed by atoms with Crippen LogP contribution in [-0.4, -0.2) is 26.5 Å². The number of ether oxygens (including phenoxy) is 1. The van der Waals surface area contributed by atoms with Crippen molar-refractivity contribution in [2.24, 2.45) is 5.41 Å². The zero-order chi connectivity index (χ0) is 13.7. The first kappa shape index (κ1) is 14.6. The maximum absolute atomic E-state index is 5.21. The summed E-state index contributed by atoms with van der Waals surface area (Å²) in [5.41, 5.74) is 1.66. The van der Waals surface area contributed by atoms with Gasteiger partial charge in [-0.1, -0.05) is 19.3 Å². The Balaban J connectivity index is 2.03. The molecule has 106 valence electrons. The molecule has 0 amide bonds. The van der Waals surface area contributed by atoms with Crippen molar-refractivity contribution in [3.63, 3.8) is 0 Å². The molecule has 0 N–H and O–H groups in total. The number of nitrogens with zero attached hydrogens (tertiary/aromatic N) is 1. The van der Waals surface area contributed by atoms with E-state index in [0.717, 1.165) is 18.0 Å². The normalized spacial score (nSPS) is 18.1. The molecule has 0 radical (unpaired) electrons. The van der Waals surface area contributed by atoms with Crippen LogP contribution in [0.4, 0.5) is 5.69 Å². The summed E-state index contributed by atoms with van der Waals surface area (Å²) in [5, 5.41) is 0. The molecule has 1 aliphatic rings. The predicted octanol–water partition coefficient (Wildman–Crippen LogP) is 4.01. The number of thiol groups is 1. The highest BCUT2D eigenvalue weighted by molar-refractivity contribution is 7.80. The van der Waals surface area contributed by atoms with Crippen molar-refractivity contribution in [1.29, 1.82) is 0 Å². The third kappa shape index (κ3) is 3.59. The van der Waals surface area contributed by atoms with E-state index < -0.39 is 0 Å². The lowest BCUT2D eigenvalue weighted by atomic mass is 9.75. The Bertz CT molecular complexity index is 384. The summed E-state index contributed by atoms with van der Waals surface area (Å²) in [6.07, 6.45) is 6.74. The molecule has 1 fully saturated rings. The summed E-state index contributed by atoms with van der Waals surface area (Å²) in [7, 11) is 3.89. The minimum Gasteiger partial charge on any atom is -0.497 e. The van der Waals surface area contributed by atoms with Crippen molar-refractivity contribution in [2.45, 2.75) is 32.1 Å². The van der Waals surface area contributed by atoms with Gasteiger partial charge in [0, 0.05) is 19.3 Å². The fraction of sp³-hybridized carbons (Fsp3) is 0.625. The van der Waals surface area contributed by atoms with Crippen LogP contribution in [0.25, 0.3) is 0 Å². The highest BCUT2D eigenvalue weighted by Gasteiger charge is 2.31. The molecule has 1 aliphatic carbocycles. The van der Waals surface area contributed by atoms with E-state index in [4.69, 9.17) is 4.74 Å². The molecule has 1 saturated carbocycles. The first-order valence-corrected chi connectivity index (χ1v) is 7.78. The molecule has 0 aromatic heterocycles. The second-order valence-electron chi connectivity index (χ2n) is 5.77. The third-order valence-corrected chi connectivity index (χ3v) is 5.01. The summed E-state index contributed by atoms with van der Waals surface area (Å²) in [5.74, 6) is 1.91. The molecule has 0 heterocycles. The van der Waals surface area contributed by atoms with Gasteiger partial charge in [-0.15, -0.1) is 0 Å². The van der Waals surface area contributed by atoms with Gasteiger partial charge in [-0.3, -0.25) is 0 Å². The summed E-state index contributed by atoms with van der Waals surface area (Å²) < 4.78 is 5.21. The van der Waals surface area contributed by atoms with Crippen molar-refractivity contribution >= 4 is 18.3 Å². The van der Waals surface area contributed by atoms with E-state index in [-0.39, 0.29) is 0 Å². The van der Waals surface area contributed by atoms with E-state index in [1.165, 1.54) is 37.8 Å². The molecular weight excluding hydrogens is 254 g/mol. The first-order chi connectivity index (χ1) is 9.19. The fourth-order valence-electron chi connectivity index (χ4n) is 3.10. The smallest absolute Gasteiger partial charge is 0.119 e. The second-order valence-corrected chi connectivity index (χ2v) is 6.09. The number of anilines is 1. The minimum absolute atomic E-state index is 0.399. The number of hydrogen-bond acceptors (Lipinski definition) is 3. The number of rotatable bonds is 5. The van der Waals surface area contributed by atoms with Crippen LogP contribution in [-0.2, 0) is 0 Å².